The molecule has 0 saturated heterocycles. The molecule has 0 saturated carbocycles. The van der Waals surface area contributed by atoms with Crippen LogP contribution < -0.4 is 10.6 Å². The summed E-state index contributed by atoms with van der Waals surface area (Å²) >= 11 is 0. The fraction of sp³-hybridized carbons (Fsp3) is 0.353. The van der Waals surface area contributed by atoms with Crippen LogP contribution in [-0.4, -0.2) is 22.4 Å². The number of amides is 1. The average Bonchev–Trinajstić information content (AvgIpc) is 2.52. The van der Waals surface area contributed by atoms with Crippen molar-refractivity contribution >= 4 is 17.5 Å². The summed E-state index contributed by atoms with van der Waals surface area (Å²) in [5, 5.41) is 5.99. The van der Waals surface area contributed by atoms with Crippen molar-refractivity contribution in [3.05, 3.63) is 47.8 Å². The van der Waals surface area contributed by atoms with Gasteiger partial charge in [-0.1, -0.05) is 31.9 Å². The van der Waals surface area contributed by atoms with E-state index in [-0.39, 0.29) is 5.91 Å². The molecule has 1 aromatic heterocycles. The van der Waals surface area contributed by atoms with Gasteiger partial charge in [0.05, 0.1) is 5.56 Å². The molecule has 1 heterocycles. The Morgan fingerprint density at radius 2 is 1.95 bits per heavy atom. The molecule has 1 aromatic carbocycles. The van der Waals surface area contributed by atoms with Gasteiger partial charge in [-0.05, 0) is 31.0 Å². The van der Waals surface area contributed by atoms with Gasteiger partial charge in [0, 0.05) is 24.6 Å². The number of carbonyl (C=O) groups excluding carboxylic acids is 1. The van der Waals surface area contributed by atoms with Crippen LogP contribution in [0.25, 0.3) is 0 Å². The van der Waals surface area contributed by atoms with Gasteiger partial charge in [0.15, 0.2) is 0 Å². The van der Waals surface area contributed by atoms with Crippen molar-refractivity contribution < 1.29 is 4.79 Å². The number of hydrogen-bond donors (Lipinski definition) is 2. The topological polar surface area (TPSA) is 66.9 Å². The number of rotatable bonds is 7. The van der Waals surface area contributed by atoms with Gasteiger partial charge in [-0.3, -0.25) is 4.79 Å². The SMILES string of the molecule is CCCCCNC(=O)c1cnc(Nc2cccc(C)c2)nc1. The number of nitrogens with zero attached hydrogens (tertiary/aromatic N) is 2. The minimum Gasteiger partial charge on any atom is -0.352 e. The Morgan fingerprint density at radius 3 is 2.64 bits per heavy atom. The number of benzene rings is 1. The van der Waals surface area contributed by atoms with E-state index >= 15 is 0 Å². The van der Waals surface area contributed by atoms with Gasteiger partial charge < -0.3 is 10.6 Å². The lowest BCUT2D eigenvalue weighted by atomic mass is 10.2. The fourth-order valence-electron chi connectivity index (χ4n) is 2.04. The van der Waals surface area contributed by atoms with Gasteiger partial charge in [-0.25, -0.2) is 9.97 Å². The lowest BCUT2D eigenvalue weighted by molar-refractivity contribution is 0.0952. The van der Waals surface area contributed by atoms with Gasteiger partial charge in [0.1, 0.15) is 0 Å². The Bertz CT molecular complexity index is 610. The zero-order valence-corrected chi connectivity index (χ0v) is 13.1. The van der Waals surface area contributed by atoms with Crippen LogP contribution in [0.15, 0.2) is 36.7 Å². The van der Waals surface area contributed by atoms with Crippen LogP contribution in [0.3, 0.4) is 0 Å². The maximum absolute atomic E-state index is 11.9. The number of aryl methyl sites for hydroxylation is 1. The molecule has 0 bridgehead atoms. The summed E-state index contributed by atoms with van der Waals surface area (Å²) in [6.07, 6.45) is 6.34. The summed E-state index contributed by atoms with van der Waals surface area (Å²) in [4.78, 5) is 20.3. The molecule has 5 nitrogen and oxygen atoms in total. The Balaban J connectivity index is 1.91. The normalized spacial score (nSPS) is 10.3. The fourth-order valence-corrected chi connectivity index (χ4v) is 2.04. The third-order valence-electron chi connectivity index (χ3n) is 3.25. The van der Waals surface area contributed by atoms with Crippen LogP contribution in [0.4, 0.5) is 11.6 Å². The summed E-state index contributed by atoms with van der Waals surface area (Å²) in [7, 11) is 0. The van der Waals surface area contributed by atoms with E-state index in [1.54, 1.807) is 12.4 Å². The average molecular weight is 298 g/mol. The summed E-state index contributed by atoms with van der Waals surface area (Å²) in [6, 6.07) is 7.95. The highest BCUT2D eigenvalue weighted by atomic mass is 16.1. The second kappa shape index (κ2) is 8.12. The van der Waals surface area contributed by atoms with Crippen LogP contribution in [0, 0.1) is 6.92 Å². The van der Waals surface area contributed by atoms with Crippen LogP contribution in [0.5, 0.6) is 0 Å². The van der Waals surface area contributed by atoms with E-state index in [0.29, 0.717) is 18.1 Å². The van der Waals surface area contributed by atoms with Gasteiger partial charge in [-0.15, -0.1) is 0 Å². The standard InChI is InChI=1S/C17H22N4O/c1-3-4-5-9-18-16(22)14-11-19-17(20-12-14)21-15-8-6-7-13(2)10-15/h6-8,10-12H,3-5,9H2,1-2H3,(H,18,22)(H,19,20,21). The zero-order chi connectivity index (χ0) is 15.8. The second-order valence-corrected chi connectivity index (χ2v) is 5.25. The molecule has 2 rings (SSSR count). The minimum absolute atomic E-state index is 0.127. The first kappa shape index (κ1) is 15.9. The number of anilines is 2. The molecule has 5 heteroatoms. The molecule has 1 amide bonds. The van der Waals surface area contributed by atoms with Crippen molar-refractivity contribution in [2.75, 3.05) is 11.9 Å². The number of aromatic nitrogens is 2. The Morgan fingerprint density at radius 1 is 1.18 bits per heavy atom. The minimum atomic E-state index is -0.127. The summed E-state index contributed by atoms with van der Waals surface area (Å²) < 4.78 is 0. The highest BCUT2D eigenvalue weighted by Gasteiger charge is 2.06. The first-order chi connectivity index (χ1) is 10.7. The second-order valence-electron chi connectivity index (χ2n) is 5.25. The molecule has 0 aliphatic heterocycles. The molecule has 0 unspecified atom stereocenters. The molecule has 2 aromatic rings. The Hall–Kier alpha value is -2.43. The molecule has 2 N–H and O–H groups in total. The van der Waals surface area contributed by atoms with Gasteiger partial charge in [0.2, 0.25) is 5.95 Å². The molecule has 0 atom stereocenters. The Kier molecular flexibility index (Phi) is 5.89. The summed E-state index contributed by atoms with van der Waals surface area (Å²) in [5.41, 5.74) is 2.57. The van der Waals surface area contributed by atoms with E-state index in [1.165, 1.54) is 0 Å². The van der Waals surface area contributed by atoms with Crippen molar-refractivity contribution in [1.82, 2.24) is 15.3 Å². The highest BCUT2D eigenvalue weighted by molar-refractivity contribution is 5.93. The maximum Gasteiger partial charge on any atom is 0.254 e. The van der Waals surface area contributed by atoms with Crippen molar-refractivity contribution in [3.63, 3.8) is 0 Å². The van der Waals surface area contributed by atoms with Crippen LogP contribution in [-0.2, 0) is 0 Å². The third-order valence-corrected chi connectivity index (χ3v) is 3.25. The molecule has 0 aliphatic rings. The quantitative estimate of drug-likeness (QED) is 0.768. The zero-order valence-electron chi connectivity index (χ0n) is 13.1. The van der Waals surface area contributed by atoms with Crippen LogP contribution >= 0.6 is 0 Å². The molecular formula is C17H22N4O. The first-order valence-corrected chi connectivity index (χ1v) is 7.63. The molecule has 0 fully saturated rings. The summed E-state index contributed by atoms with van der Waals surface area (Å²) in [5.74, 6) is 0.353. The predicted molar refractivity (Wildman–Crippen MR) is 88.4 cm³/mol. The largest absolute Gasteiger partial charge is 0.352 e. The number of carbonyl (C=O) groups is 1. The molecular weight excluding hydrogens is 276 g/mol. The number of unbranched alkanes of at least 4 members (excludes halogenated alkanes) is 2. The van der Waals surface area contributed by atoms with Gasteiger partial charge >= 0.3 is 0 Å². The van der Waals surface area contributed by atoms with Gasteiger partial charge in [-0.2, -0.15) is 0 Å². The lowest BCUT2D eigenvalue weighted by Crippen LogP contribution is -2.24. The molecule has 116 valence electrons. The number of hydrogen-bond acceptors (Lipinski definition) is 4. The van der Waals surface area contributed by atoms with E-state index < -0.39 is 0 Å². The van der Waals surface area contributed by atoms with Crippen LogP contribution in [0.2, 0.25) is 0 Å². The molecule has 22 heavy (non-hydrogen) atoms. The molecule has 0 aliphatic carbocycles. The monoisotopic (exact) mass is 298 g/mol. The summed E-state index contributed by atoms with van der Waals surface area (Å²) in [6.45, 7) is 4.85. The van der Waals surface area contributed by atoms with E-state index in [1.807, 2.05) is 31.2 Å². The van der Waals surface area contributed by atoms with E-state index in [4.69, 9.17) is 0 Å². The number of nitrogens with one attached hydrogen (secondary N) is 2. The smallest absolute Gasteiger partial charge is 0.254 e. The maximum atomic E-state index is 11.9. The van der Waals surface area contributed by atoms with Crippen LogP contribution in [0.1, 0.15) is 42.1 Å². The van der Waals surface area contributed by atoms with E-state index in [9.17, 15) is 4.79 Å². The highest BCUT2D eigenvalue weighted by Crippen LogP contribution is 2.13. The third kappa shape index (κ3) is 4.84. The van der Waals surface area contributed by atoms with E-state index in [2.05, 4.69) is 27.5 Å². The van der Waals surface area contributed by atoms with Crippen molar-refractivity contribution in [2.45, 2.75) is 33.1 Å². The van der Waals surface area contributed by atoms with Crippen molar-refractivity contribution in [2.24, 2.45) is 0 Å². The first-order valence-electron chi connectivity index (χ1n) is 7.63. The van der Waals surface area contributed by atoms with Crippen molar-refractivity contribution in [3.8, 4) is 0 Å². The van der Waals surface area contributed by atoms with Gasteiger partial charge in [0.25, 0.3) is 5.91 Å². The predicted octanol–water partition coefficient (Wildman–Crippen LogP) is 3.45. The lowest BCUT2D eigenvalue weighted by Gasteiger charge is -2.07. The Labute approximate surface area is 131 Å². The molecule has 0 spiro atoms. The van der Waals surface area contributed by atoms with Crippen molar-refractivity contribution in [1.29, 1.82) is 0 Å². The molecule has 0 radical (unpaired) electrons. The van der Waals surface area contributed by atoms with E-state index in [0.717, 1.165) is 30.5 Å².